The normalized spacial score (nSPS) is 20.8. The van der Waals surface area contributed by atoms with Crippen molar-refractivity contribution in [3.63, 3.8) is 0 Å². The Kier molecular flexibility index (Phi) is 4.65. The second-order valence-electron chi connectivity index (χ2n) is 4.82. The maximum atomic E-state index is 12.8. The summed E-state index contributed by atoms with van der Waals surface area (Å²) in [5.41, 5.74) is 0.865. The smallest absolute Gasteiger partial charge is 0.497 e. The molecule has 1 atom stereocenters. The molecule has 0 saturated carbocycles. The average Bonchev–Trinajstić information content (AvgIpc) is 2.94. The Bertz CT molecular complexity index is 719. The molecule has 0 amide bonds. The van der Waals surface area contributed by atoms with E-state index in [0.717, 1.165) is 11.3 Å². The third kappa shape index (κ3) is 3.73. The number of rotatable bonds is 5. The van der Waals surface area contributed by atoms with Crippen molar-refractivity contribution < 1.29 is 18.3 Å². The highest BCUT2D eigenvalue weighted by Gasteiger charge is 2.40. The van der Waals surface area contributed by atoms with Crippen LogP contribution in [0.2, 0.25) is 0 Å². The Morgan fingerprint density at radius 1 is 1.13 bits per heavy atom. The first kappa shape index (κ1) is 15.6. The largest absolute Gasteiger partial charge is 0.504 e. The number of hydrogen-bond acceptors (Lipinski definition) is 5. The van der Waals surface area contributed by atoms with Gasteiger partial charge in [0.05, 0.1) is 26.5 Å². The van der Waals surface area contributed by atoms with Gasteiger partial charge in [-0.2, -0.15) is 9.88 Å². The minimum atomic E-state index is -3.44. The van der Waals surface area contributed by atoms with Crippen LogP contribution < -0.4 is 9.26 Å². The van der Waals surface area contributed by atoms with E-state index in [9.17, 15) is 4.57 Å². The van der Waals surface area contributed by atoms with Crippen LogP contribution in [0.15, 0.2) is 59.7 Å². The molecule has 0 N–H and O–H groups in total. The topological polar surface area (TPSA) is 60.4 Å². The molecule has 2 aromatic carbocycles. The summed E-state index contributed by atoms with van der Waals surface area (Å²) in [5, 5.41) is 4.25. The van der Waals surface area contributed by atoms with Crippen LogP contribution >= 0.6 is 7.75 Å². The molecular weight excluding hydrogens is 315 g/mol. The highest BCUT2D eigenvalue weighted by atomic mass is 31.2. The summed E-state index contributed by atoms with van der Waals surface area (Å²) in [7, 11) is -1.83. The van der Waals surface area contributed by atoms with Gasteiger partial charge >= 0.3 is 7.75 Å². The lowest BCUT2D eigenvalue weighted by Gasteiger charge is -2.19. The Balaban J connectivity index is 1.73. The van der Waals surface area contributed by atoms with E-state index in [-0.39, 0.29) is 0 Å². The molecule has 2 aromatic rings. The molecule has 3 rings (SSSR count). The highest BCUT2D eigenvalue weighted by molar-refractivity contribution is 7.51. The first-order valence-corrected chi connectivity index (χ1v) is 8.64. The molecule has 1 aliphatic heterocycles. The van der Waals surface area contributed by atoms with Crippen LogP contribution in [0.4, 0.5) is 0 Å². The van der Waals surface area contributed by atoms with Crippen molar-refractivity contribution in [3.05, 3.63) is 60.2 Å². The molecule has 23 heavy (non-hydrogen) atoms. The number of benzene rings is 2. The number of nitrogens with zero attached hydrogens (tertiary/aromatic N) is 2. The number of methoxy groups -OCH3 is 1. The maximum Gasteiger partial charge on any atom is 0.504 e. The van der Waals surface area contributed by atoms with E-state index >= 15 is 0 Å². The van der Waals surface area contributed by atoms with Gasteiger partial charge in [-0.05, 0) is 42.0 Å². The standard InChI is InChI=1S/C16H17N2O4P/c1-20-15-9-7-14(8-10-15)13-17-18-11-12-21-23(18,19)22-16-5-3-2-4-6-16/h2-10,13H,11-12H2,1H3. The van der Waals surface area contributed by atoms with Gasteiger partial charge < -0.3 is 9.26 Å². The molecule has 1 unspecified atom stereocenters. The summed E-state index contributed by atoms with van der Waals surface area (Å²) in [6.07, 6.45) is 1.62. The van der Waals surface area contributed by atoms with Crippen LogP contribution in [-0.2, 0) is 9.09 Å². The number of ether oxygens (including phenoxy) is 1. The highest BCUT2D eigenvalue weighted by Crippen LogP contribution is 2.55. The van der Waals surface area contributed by atoms with Gasteiger partial charge in [0, 0.05) is 0 Å². The Labute approximate surface area is 134 Å². The Hall–Kier alpha value is -2.30. The molecule has 1 heterocycles. The Morgan fingerprint density at radius 2 is 1.87 bits per heavy atom. The van der Waals surface area contributed by atoms with Crippen molar-refractivity contribution in [2.75, 3.05) is 20.3 Å². The molecule has 1 aliphatic rings. The zero-order chi connectivity index (χ0) is 16.1. The maximum absolute atomic E-state index is 12.8. The van der Waals surface area contributed by atoms with E-state index in [2.05, 4.69) is 5.10 Å². The number of hydrogen-bond donors (Lipinski definition) is 0. The molecule has 0 aliphatic carbocycles. The summed E-state index contributed by atoms with van der Waals surface area (Å²) in [6.45, 7) is 0.723. The summed E-state index contributed by atoms with van der Waals surface area (Å²) < 4.78 is 30.1. The fourth-order valence-corrected chi connectivity index (χ4v) is 3.54. The van der Waals surface area contributed by atoms with Gasteiger partial charge in [0.2, 0.25) is 0 Å². The van der Waals surface area contributed by atoms with E-state index in [1.54, 1.807) is 25.5 Å². The van der Waals surface area contributed by atoms with E-state index in [1.807, 2.05) is 42.5 Å². The van der Waals surface area contributed by atoms with Crippen molar-refractivity contribution in [2.45, 2.75) is 0 Å². The predicted molar refractivity (Wildman–Crippen MR) is 87.9 cm³/mol. The summed E-state index contributed by atoms with van der Waals surface area (Å²) in [5.74, 6) is 1.26. The van der Waals surface area contributed by atoms with Crippen LogP contribution in [0, 0.1) is 0 Å². The van der Waals surface area contributed by atoms with Crippen LogP contribution in [0.3, 0.4) is 0 Å². The second-order valence-corrected chi connectivity index (χ2v) is 6.66. The molecular formula is C16H17N2O4P. The molecule has 1 fully saturated rings. The van der Waals surface area contributed by atoms with Gasteiger partial charge in [0.15, 0.2) is 0 Å². The third-order valence-electron chi connectivity index (χ3n) is 3.25. The van der Waals surface area contributed by atoms with Crippen LogP contribution in [0.1, 0.15) is 5.56 Å². The van der Waals surface area contributed by atoms with Crippen molar-refractivity contribution in [3.8, 4) is 11.5 Å². The van der Waals surface area contributed by atoms with Crippen molar-refractivity contribution in [1.82, 2.24) is 4.78 Å². The summed E-state index contributed by atoms with van der Waals surface area (Å²) >= 11 is 0. The van der Waals surface area contributed by atoms with Gasteiger partial charge in [-0.15, -0.1) is 0 Å². The third-order valence-corrected chi connectivity index (χ3v) is 5.07. The van der Waals surface area contributed by atoms with Gasteiger partial charge in [0.1, 0.15) is 11.5 Å². The van der Waals surface area contributed by atoms with Crippen LogP contribution in [0.5, 0.6) is 11.5 Å². The summed E-state index contributed by atoms with van der Waals surface area (Å²) in [4.78, 5) is 0. The van der Waals surface area contributed by atoms with E-state index in [1.165, 1.54) is 4.78 Å². The lowest BCUT2D eigenvalue weighted by molar-refractivity contribution is 0.296. The quantitative estimate of drug-likeness (QED) is 0.619. The van der Waals surface area contributed by atoms with Crippen molar-refractivity contribution in [2.24, 2.45) is 5.10 Å². The van der Waals surface area contributed by atoms with Gasteiger partial charge in [0.25, 0.3) is 0 Å². The minimum absolute atomic E-state index is 0.310. The zero-order valence-corrected chi connectivity index (χ0v) is 13.6. The van der Waals surface area contributed by atoms with Crippen molar-refractivity contribution in [1.29, 1.82) is 0 Å². The monoisotopic (exact) mass is 332 g/mol. The Morgan fingerprint density at radius 3 is 2.57 bits per heavy atom. The van der Waals surface area contributed by atoms with E-state index < -0.39 is 7.75 Å². The predicted octanol–water partition coefficient (Wildman–Crippen LogP) is 3.55. The van der Waals surface area contributed by atoms with Gasteiger partial charge in [-0.25, -0.2) is 4.57 Å². The van der Waals surface area contributed by atoms with E-state index in [4.69, 9.17) is 13.8 Å². The number of hydrazone groups is 1. The first-order chi connectivity index (χ1) is 11.2. The SMILES string of the molecule is COc1ccc(C=NN2CCOP2(=O)Oc2ccccc2)cc1. The summed E-state index contributed by atoms with van der Waals surface area (Å²) in [6, 6.07) is 16.3. The van der Waals surface area contributed by atoms with Gasteiger partial charge in [-0.3, -0.25) is 4.52 Å². The fourth-order valence-electron chi connectivity index (χ4n) is 2.06. The molecule has 0 aromatic heterocycles. The molecule has 7 heteroatoms. The molecule has 0 bridgehead atoms. The van der Waals surface area contributed by atoms with Crippen LogP contribution in [-0.4, -0.2) is 31.3 Å². The average molecular weight is 332 g/mol. The van der Waals surface area contributed by atoms with Gasteiger partial charge in [-0.1, -0.05) is 18.2 Å². The zero-order valence-electron chi connectivity index (χ0n) is 12.7. The van der Waals surface area contributed by atoms with Crippen molar-refractivity contribution >= 4 is 14.0 Å². The molecule has 1 saturated heterocycles. The minimum Gasteiger partial charge on any atom is -0.497 e. The first-order valence-electron chi connectivity index (χ1n) is 7.15. The molecule has 0 radical (unpaired) electrons. The lowest BCUT2D eigenvalue weighted by atomic mass is 10.2. The molecule has 6 nitrogen and oxygen atoms in total. The lowest BCUT2D eigenvalue weighted by Crippen LogP contribution is -2.12. The fraction of sp³-hybridized carbons (Fsp3) is 0.188. The number of para-hydroxylation sites is 1. The molecule has 120 valence electrons. The second kappa shape index (κ2) is 6.86. The van der Waals surface area contributed by atoms with E-state index in [0.29, 0.717) is 18.9 Å². The molecule has 0 spiro atoms. The van der Waals surface area contributed by atoms with Crippen LogP contribution in [0.25, 0.3) is 0 Å².